The molecule has 0 aliphatic heterocycles. The summed E-state index contributed by atoms with van der Waals surface area (Å²) in [6.45, 7) is 0.514. The summed E-state index contributed by atoms with van der Waals surface area (Å²) in [5.74, 6) is -3.04. The van der Waals surface area contributed by atoms with Crippen LogP contribution in [0.2, 0.25) is 0 Å². The molecule has 1 aromatic carbocycles. The van der Waals surface area contributed by atoms with E-state index in [4.69, 9.17) is 4.74 Å². The largest absolute Gasteiger partial charge is 0.481 e. The number of carboxylic acid groups (broad SMARTS) is 1. The lowest BCUT2D eigenvalue weighted by atomic mass is 9.80. The van der Waals surface area contributed by atoms with Gasteiger partial charge in [0.05, 0.1) is 5.41 Å². The lowest BCUT2D eigenvalue weighted by molar-refractivity contribution is -0.144. The van der Waals surface area contributed by atoms with Gasteiger partial charge in [-0.3, -0.25) is 4.79 Å². The molecule has 0 bridgehead atoms. The Hall–Kier alpha value is -1.20. The third-order valence-electron chi connectivity index (χ3n) is 3.17. The number of rotatable bonds is 7. The van der Waals surface area contributed by atoms with Gasteiger partial charge < -0.3 is 9.84 Å². The van der Waals surface area contributed by atoms with Crippen LogP contribution < -0.4 is 0 Å². The molecule has 0 aromatic heterocycles. The van der Waals surface area contributed by atoms with Gasteiger partial charge in [0.25, 0.3) is 0 Å². The summed E-state index contributed by atoms with van der Waals surface area (Å²) in [6.07, 6.45) is 4.73. The normalized spacial score (nSPS) is 14.2. The Balaban J connectivity index is 2.75. The van der Waals surface area contributed by atoms with Crippen LogP contribution in [-0.2, 0) is 14.9 Å². The first-order valence-corrected chi connectivity index (χ1v) is 7.22. The SMILES string of the molecule is C#CC(F)(F)COCCC(C)(C(=O)O)c1cccc(I)c1. The quantitative estimate of drug-likeness (QED) is 0.428. The fourth-order valence-electron chi connectivity index (χ4n) is 1.72. The number of terminal acetylenes is 1. The number of hydrogen-bond acceptors (Lipinski definition) is 2. The van der Waals surface area contributed by atoms with Crippen LogP contribution in [0, 0.1) is 15.9 Å². The number of aliphatic carboxylic acids is 1. The minimum Gasteiger partial charge on any atom is -0.481 e. The van der Waals surface area contributed by atoms with Gasteiger partial charge >= 0.3 is 11.9 Å². The highest BCUT2D eigenvalue weighted by molar-refractivity contribution is 14.1. The van der Waals surface area contributed by atoms with Gasteiger partial charge in [0, 0.05) is 10.2 Å². The molecule has 0 spiro atoms. The lowest BCUT2D eigenvalue weighted by Gasteiger charge is -2.25. The van der Waals surface area contributed by atoms with Gasteiger partial charge in [-0.15, -0.1) is 6.42 Å². The van der Waals surface area contributed by atoms with Gasteiger partial charge in [0.1, 0.15) is 6.61 Å². The molecule has 0 aliphatic carbocycles. The van der Waals surface area contributed by atoms with Gasteiger partial charge in [-0.25, -0.2) is 0 Å². The van der Waals surface area contributed by atoms with Crippen molar-refractivity contribution in [3.63, 3.8) is 0 Å². The highest BCUT2D eigenvalue weighted by atomic mass is 127. The van der Waals surface area contributed by atoms with E-state index in [0.29, 0.717) is 5.56 Å². The molecule has 21 heavy (non-hydrogen) atoms. The molecule has 0 saturated carbocycles. The molecular formula is C15H15F2IO3. The lowest BCUT2D eigenvalue weighted by Crippen LogP contribution is -2.34. The molecule has 1 unspecified atom stereocenters. The molecular weight excluding hydrogens is 393 g/mol. The molecule has 0 saturated heterocycles. The highest BCUT2D eigenvalue weighted by Gasteiger charge is 2.35. The van der Waals surface area contributed by atoms with Crippen molar-refractivity contribution in [2.45, 2.75) is 24.7 Å². The van der Waals surface area contributed by atoms with E-state index < -0.39 is 23.9 Å². The molecule has 0 amide bonds. The van der Waals surface area contributed by atoms with Gasteiger partial charge in [-0.1, -0.05) is 12.1 Å². The Morgan fingerprint density at radius 1 is 1.52 bits per heavy atom. The van der Waals surface area contributed by atoms with Crippen molar-refractivity contribution in [1.82, 2.24) is 0 Å². The number of ether oxygens (including phenoxy) is 1. The topological polar surface area (TPSA) is 46.5 Å². The minimum absolute atomic E-state index is 0.0725. The van der Waals surface area contributed by atoms with Crippen molar-refractivity contribution in [2.24, 2.45) is 0 Å². The summed E-state index contributed by atoms with van der Waals surface area (Å²) in [4.78, 5) is 11.5. The zero-order chi connectivity index (χ0) is 16.1. The molecule has 3 nitrogen and oxygen atoms in total. The molecule has 1 N–H and O–H groups in total. The summed E-state index contributed by atoms with van der Waals surface area (Å²) < 4.78 is 31.4. The maximum absolute atomic E-state index is 12.8. The number of hydrogen-bond donors (Lipinski definition) is 1. The minimum atomic E-state index is -3.33. The first kappa shape index (κ1) is 17.9. The summed E-state index contributed by atoms with van der Waals surface area (Å²) >= 11 is 2.08. The maximum Gasteiger partial charge on any atom is 0.330 e. The molecule has 1 atom stereocenters. The Bertz CT molecular complexity index is 554. The molecule has 114 valence electrons. The average molecular weight is 408 g/mol. The predicted molar refractivity (Wildman–Crippen MR) is 83.4 cm³/mol. The van der Waals surface area contributed by atoms with E-state index in [9.17, 15) is 18.7 Å². The van der Waals surface area contributed by atoms with Crippen LogP contribution in [0.4, 0.5) is 8.78 Å². The van der Waals surface area contributed by atoms with E-state index in [-0.39, 0.29) is 13.0 Å². The van der Waals surface area contributed by atoms with Crippen LogP contribution in [0.25, 0.3) is 0 Å². The number of halogens is 3. The second-order valence-corrected chi connectivity index (χ2v) is 6.04. The van der Waals surface area contributed by atoms with Crippen LogP contribution in [0.3, 0.4) is 0 Å². The number of carboxylic acids is 1. The first-order chi connectivity index (χ1) is 9.71. The summed E-state index contributed by atoms with van der Waals surface area (Å²) in [7, 11) is 0. The zero-order valence-corrected chi connectivity index (χ0v) is 13.6. The molecule has 6 heteroatoms. The second-order valence-electron chi connectivity index (χ2n) is 4.80. The van der Waals surface area contributed by atoms with Crippen molar-refractivity contribution in [3.8, 4) is 12.3 Å². The maximum atomic E-state index is 12.8. The van der Waals surface area contributed by atoms with E-state index in [1.54, 1.807) is 25.1 Å². The Kier molecular flexibility index (Phi) is 6.10. The van der Waals surface area contributed by atoms with Crippen molar-refractivity contribution >= 4 is 28.6 Å². The van der Waals surface area contributed by atoms with E-state index >= 15 is 0 Å². The van der Waals surface area contributed by atoms with E-state index in [0.717, 1.165) is 3.57 Å². The third-order valence-corrected chi connectivity index (χ3v) is 3.85. The standard InChI is InChI=1S/C15H15F2IO3/c1-3-15(16,17)10-21-8-7-14(2,13(19)20)11-5-4-6-12(18)9-11/h1,4-6,9H,7-8,10H2,2H3,(H,19,20). The predicted octanol–water partition coefficient (Wildman–Crippen LogP) is 3.31. The van der Waals surface area contributed by atoms with Crippen molar-refractivity contribution in [1.29, 1.82) is 0 Å². The van der Waals surface area contributed by atoms with Crippen LogP contribution >= 0.6 is 22.6 Å². The van der Waals surface area contributed by atoms with E-state index in [2.05, 4.69) is 29.0 Å². The summed E-state index contributed by atoms with van der Waals surface area (Å²) in [6, 6.07) is 7.05. The molecule has 0 heterocycles. The fourth-order valence-corrected chi connectivity index (χ4v) is 2.27. The van der Waals surface area contributed by atoms with Crippen molar-refractivity contribution in [2.75, 3.05) is 13.2 Å². The first-order valence-electron chi connectivity index (χ1n) is 6.14. The smallest absolute Gasteiger partial charge is 0.330 e. The molecule has 1 aromatic rings. The van der Waals surface area contributed by atoms with Crippen LogP contribution in [-0.4, -0.2) is 30.2 Å². The summed E-state index contributed by atoms with van der Waals surface area (Å²) in [5.41, 5.74) is -0.596. The van der Waals surface area contributed by atoms with Crippen LogP contribution in [0.5, 0.6) is 0 Å². The van der Waals surface area contributed by atoms with Gasteiger partial charge in [0.2, 0.25) is 0 Å². The third kappa shape index (κ3) is 4.93. The monoisotopic (exact) mass is 408 g/mol. The molecule has 0 fully saturated rings. The second kappa shape index (κ2) is 7.18. The average Bonchev–Trinajstić information content (AvgIpc) is 2.43. The highest BCUT2D eigenvalue weighted by Crippen LogP contribution is 2.29. The van der Waals surface area contributed by atoms with E-state index in [1.165, 1.54) is 5.92 Å². The van der Waals surface area contributed by atoms with Gasteiger partial charge in [-0.05, 0) is 59.6 Å². The Labute approximate surface area is 135 Å². The zero-order valence-electron chi connectivity index (χ0n) is 11.4. The Morgan fingerprint density at radius 2 is 2.19 bits per heavy atom. The van der Waals surface area contributed by atoms with Crippen LogP contribution in [0.1, 0.15) is 18.9 Å². The van der Waals surface area contributed by atoms with Crippen LogP contribution in [0.15, 0.2) is 24.3 Å². The number of benzene rings is 1. The number of carbonyl (C=O) groups is 1. The van der Waals surface area contributed by atoms with Gasteiger partial charge in [-0.2, -0.15) is 8.78 Å². The number of alkyl halides is 2. The Morgan fingerprint density at radius 3 is 2.71 bits per heavy atom. The molecule has 0 aliphatic rings. The summed E-state index contributed by atoms with van der Waals surface area (Å²) in [5, 5.41) is 9.44. The van der Waals surface area contributed by atoms with Crippen molar-refractivity contribution < 1.29 is 23.4 Å². The van der Waals surface area contributed by atoms with Crippen molar-refractivity contribution in [3.05, 3.63) is 33.4 Å². The van der Waals surface area contributed by atoms with E-state index in [1.807, 2.05) is 6.07 Å². The van der Waals surface area contributed by atoms with Gasteiger partial charge in [0.15, 0.2) is 0 Å². The molecule has 0 radical (unpaired) electrons. The fraction of sp³-hybridized carbons (Fsp3) is 0.400. The molecule has 1 rings (SSSR count).